The monoisotopic (exact) mass is 243 g/mol. The molecular formula is C13H13N3O2. The van der Waals surface area contributed by atoms with E-state index in [4.69, 9.17) is 0 Å². The Morgan fingerprint density at radius 2 is 1.17 bits per heavy atom. The highest BCUT2D eigenvalue weighted by molar-refractivity contribution is 5.71. The fourth-order valence-electron chi connectivity index (χ4n) is 0.853. The Kier molecular flexibility index (Phi) is 8.04. The van der Waals surface area contributed by atoms with Crippen LogP contribution in [0.3, 0.4) is 0 Å². The largest absolute Gasteiger partial charge is 0.274 e. The van der Waals surface area contributed by atoms with Gasteiger partial charge in [0.05, 0.1) is 11.5 Å². The van der Waals surface area contributed by atoms with Gasteiger partial charge >= 0.3 is 0 Å². The molecule has 0 atom stereocenters. The average molecular weight is 243 g/mol. The van der Waals surface area contributed by atoms with Crippen molar-refractivity contribution >= 4 is 6.21 Å². The smallest absolute Gasteiger partial charge is 0.145 e. The van der Waals surface area contributed by atoms with Crippen molar-refractivity contribution in [2.75, 3.05) is 0 Å². The van der Waals surface area contributed by atoms with Crippen LogP contribution >= 0.6 is 0 Å². The van der Waals surface area contributed by atoms with Gasteiger partial charge in [-0.3, -0.25) is 4.89 Å². The van der Waals surface area contributed by atoms with Crippen molar-refractivity contribution in [3.8, 4) is 0 Å². The van der Waals surface area contributed by atoms with E-state index in [9.17, 15) is 0 Å². The molecule has 0 aromatic rings. The molecule has 0 amide bonds. The van der Waals surface area contributed by atoms with Crippen LogP contribution in [0.1, 0.15) is 0 Å². The molecule has 0 unspecified atom stereocenters. The van der Waals surface area contributed by atoms with Gasteiger partial charge in [-0.25, -0.2) is 0 Å². The van der Waals surface area contributed by atoms with E-state index in [1.54, 1.807) is 18.2 Å². The van der Waals surface area contributed by atoms with Crippen LogP contribution in [-0.2, 0) is 9.88 Å². The molecule has 5 heteroatoms. The molecule has 0 saturated carbocycles. The zero-order valence-electron chi connectivity index (χ0n) is 9.66. The lowest BCUT2D eigenvalue weighted by Crippen LogP contribution is -1.74. The summed E-state index contributed by atoms with van der Waals surface area (Å²) in [6, 6.07) is 0. The molecule has 0 bridgehead atoms. The number of nitrogens with zero attached hydrogens (tertiary/aromatic N) is 3. The van der Waals surface area contributed by atoms with E-state index in [1.165, 1.54) is 12.5 Å². The van der Waals surface area contributed by atoms with Crippen LogP contribution in [0.15, 0.2) is 88.7 Å². The topological polar surface area (TPSA) is 55.5 Å². The molecule has 92 valence electrons. The summed E-state index contributed by atoms with van der Waals surface area (Å²) in [5.41, 5.74) is 0. The Morgan fingerprint density at radius 3 is 1.83 bits per heavy atom. The van der Waals surface area contributed by atoms with Crippen molar-refractivity contribution < 1.29 is 9.88 Å². The highest BCUT2D eigenvalue weighted by Crippen LogP contribution is 1.88. The lowest BCUT2D eigenvalue weighted by molar-refractivity contribution is -0.257. The summed E-state index contributed by atoms with van der Waals surface area (Å²) in [5, 5.41) is 10.1. The van der Waals surface area contributed by atoms with Crippen LogP contribution in [0.2, 0.25) is 0 Å². The second kappa shape index (κ2) is 10.8. The summed E-state index contributed by atoms with van der Waals surface area (Å²) in [5.74, 6) is 0. The average Bonchev–Trinajstić information content (AvgIpc) is 2.39. The number of hydrogen-bond acceptors (Lipinski definition) is 5. The Labute approximate surface area is 105 Å². The first kappa shape index (κ1) is 13.4. The van der Waals surface area contributed by atoms with E-state index in [1.807, 2.05) is 48.6 Å². The second-order valence-corrected chi connectivity index (χ2v) is 2.86. The van der Waals surface area contributed by atoms with Crippen molar-refractivity contribution in [3.05, 3.63) is 73.1 Å². The molecular weight excluding hydrogens is 230 g/mol. The first-order valence-corrected chi connectivity index (χ1v) is 5.24. The minimum Gasteiger partial charge on any atom is -0.274 e. The summed E-state index contributed by atoms with van der Waals surface area (Å²) in [7, 11) is 0. The zero-order chi connectivity index (χ0) is 12.7. The van der Waals surface area contributed by atoms with Crippen molar-refractivity contribution in [1.29, 1.82) is 0 Å². The Balaban J connectivity index is 2.58. The molecule has 1 aliphatic heterocycles. The van der Waals surface area contributed by atoms with Crippen molar-refractivity contribution in [2.24, 2.45) is 15.6 Å². The molecule has 0 aromatic heterocycles. The third-order valence-electron chi connectivity index (χ3n) is 1.56. The van der Waals surface area contributed by atoms with Gasteiger partial charge in [-0.15, -0.1) is 10.1 Å². The minimum atomic E-state index is 1.33. The van der Waals surface area contributed by atoms with Crippen LogP contribution in [0.5, 0.6) is 0 Å². The SMILES string of the molecule is C1=C\C=C/C=N\N=N/OO\C=C/C=C/C=C\C=C/1. The van der Waals surface area contributed by atoms with Gasteiger partial charge in [0.1, 0.15) is 6.26 Å². The van der Waals surface area contributed by atoms with Gasteiger partial charge in [-0.2, -0.15) is 0 Å². The van der Waals surface area contributed by atoms with E-state index >= 15 is 0 Å². The Morgan fingerprint density at radius 1 is 0.611 bits per heavy atom. The molecule has 0 spiro atoms. The van der Waals surface area contributed by atoms with Crippen LogP contribution in [0, 0.1) is 0 Å². The predicted molar refractivity (Wildman–Crippen MR) is 70.4 cm³/mol. The van der Waals surface area contributed by atoms with Crippen LogP contribution in [0.25, 0.3) is 0 Å². The molecule has 0 aromatic carbocycles. The number of hydrogen-bond donors (Lipinski definition) is 0. The van der Waals surface area contributed by atoms with Crippen LogP contribution in [0.4, 0.5) is 0 Å². The van der Waals surface area contributed by atoms with Gasteiger partial charge in [0, 0.05) is 0 Å². The van der Waals surface area contributed by atoms with E-state index in [0.29, 0.717) is 0 Å². The first-order valence-electron chi connectivity index (χ1n) is 5.24. The summed E-state index contributed by atoms with van der Waals surface area (Å²) in [4.78, 5) is 8.88. The molecule has 0 fully saturated rings. The molecule has 1 heterocycles. The van der Waals surface area contributed by atoms with Gasteiger partial charge in [0.2, 0.25) is 0 Å². The van der Waals surface area contributed by atoms with E-state index in [-0.39, 0.29) is 0 Å². The standard InChI is InChI=1S/C13H13N3O2/c1-2-4-6-8-10-12-14-15-16-18-17-13-11-9-7-5-3-1/h1-13H/b2-1-,5-3-,6-4-,9-7+,10-8-,13-11-,14-12-,16-15-. The van der Waals surface area contributed by atoms with Crippen molar-refractivity contribution in [2.45, 2.75) is 0 Å². The first-order chi connectivity index (χ1) is 9.00. The van der Waals surface area contributed by atoms with E-state index in [2.05, 4.69) is 25.5 Å². The molecule has 18 heavy (non-hydrogen) atoms. The Bertz CT molecular complexity index is 399. The van der Waals surface area contributed by atoms with Gasteiger partial charge in [0.15, 0.2) is 0 Å². The van der Waals surface area contributed by atoms with E-state index < -0.39 is 0 Å². The van der Waals surface area contributed by atoms with Gasteiger partial charge < -0.3 is 0 Å². The third-order valence-corrected chi connectivity index (χ3v) is 1.56. The maximum absolute atomic E-state index is 4.55. The molecule has 0 radical (unpaired) electrons. The predicted octanol–water partition coefficient (Wildman–Crippen LogP) is 3.60. The van der Waals surface area contributed by atoms with Gasteiger partial charge in [-0.1, -0.05) is 54.7 Å². The minimum absolute atomic E-state index is 1.33. The molecule has 0 N–H and O–H groups in total. The molecule has 0 aliphatic carbocycles. The van der Waals surface area contributed by atoms with Crippen LogP contribution < -0.4 is 0 Å². The summed E-state index contributed by atoms with van der Waals surface area (Å²) in [6.07, 6.45) is 23.0. The third kappa shape index (κ3) is 8.60. The maximum atomic E-state index is 4.55. The molecule has 5 nitrogen and oxygen atoms in total. The normalized spacial score (nSPS) is 30.2. The fraction of sp³-hybridized carbons (Fsp3) is 0. The van der Waals surface area contributed by atoms with Gasteiger partial charge in [0.25, 0.3) is 0 Å². The van der Waals surface area contributed by atoms with Crippen molar-refractivity contribution in [1.82, 2.24) is 0 Å². The quantitative estimate of drug-likeness (QED) is 0.610. The molecule has 1 aliphatic rings. The van der Waals surface area contributed by atoms with Crippen molar-refractivity contribution in [3.63, 3.8) is 0 Å². The fourth-order valence-corrected chi connectivity index (χ4v) is 0.853. The molecule has 0 saturated heterocycles. The number of allylic oxidation sites excluding steroid dienone is 11. The Hall–Kier alpha value is -2.69. The highest BCUT2D eigenvalue weighted by Gasteiger charge is 1.73. The maximum Gasteiger partial charge on any atom is 0.145 e. The molecule has 1 rings (SSSR count). The number of rotatable bonds is 0. The summed E-state index contributed by atoms with van der Waals surface area (Å²) in [6.45, 7) is 0. The second-order valence-electron chi connectivity index (χ2n) is 2.86. The highest BCUT2D eigenvalue weighted by atomic mass is 17.3. The zero-order valence-corrected chi connectivity index (χ0v) is 9.66. The van der Waals surface area contributed by atoms with E-state index in [0.717, 1.165) is 0 Å². The summed E-state index contributed by atoms with van der Waals surface area (Å²) >= 11 is 0. The van der Waals surface area contributed by atoms with Gasteiger partial charge in [-0.05, 0) is 17.4 Å². The lowest BCUT2D eigenvalue weighted by atomic mass is 10.3. The van der Waals surface area contributed by atoms with Crippen LogP contribution in [-0.4, -0.2) is 6.21 Å². The summed E-state index contributed by atoms with van der Waals surface area (Å²) < 4.78 is 0. The lowest BCUT2D eigenvalue weighted by Gasteiger charge is -1.87.